The van der Waals surface area contributed by atoms with Gasteiger partial charge in [0.25, 0.3) is 0 Å². The lowest BCUT2D eigenvalue weighted by Crippen LogP contribution is -2.47. The summed E-state index contributed by atoms with van der Waals surface area (Å²) in [5, 5.41) is 3.65. The predicted octanol–water partition coefficient (Wildman–Crippen LogP) is 4.47. The molecule has 1 saturated carbocycles. The lowest BCUT2D eigenvalue weighted by atomic mass is 9.58. The van der Waals surface area contributed by atoms with Crippen LogP contribution < -0.4 is 5.32 Å². The average molecular weight is 251 g/mol. The first-order valence-electron chi connectivity index (χ1n) is 8.24. The van der Waals surface area contributed by atoms with Gasteiger partial charge in [0.05, 0.1) is 0 Å². The van der Waals surface area contributed by atoms with E-state index >= 15 is 0 Å². The maximum Gasteiger partial charge on any atom is -0.00151 e. The number of piperidine rings is 1. The van der Waals surface area contributed by atoms with Gasteiger partial charge in [-0.25, -0.2) is 0 Å². The van der Waals surface area contributed by atoms with Gasteiger partial charge in [-0.2, -0.15) is 0 Å². The zero-order valence-electron chi connectivity index (χ0n) is 13.0. The van der Waals surface area contributed by atoms with E-state index in [1.807, 2.05) is 0 Å². The van der Waals surface area contributed by atoms with Gasteiger partial charge in [-0.3, -0.25) is 0 Å². The van der Waals surface area contributed by atoms with Crippen molar-refractivity contribution in [3.05, 3.63) is 0 Å². The Hall–Kier alpha value is -0.0400. The molecule has 0 aromatic carbocycles. The Morgan fingerprint density at radius 2 is 1.72 bits per heavy atom. The fourth-order valence-corrected chi connectivity index (χ4v) is 4.48. The summed E-state index contributed by atoms with van der Waals surface area (Å²) in [5.41, 5.74) is 0.709. The van der Waals surface area contributed by atoms with Gasteiger partial charge in [0.1, 0.15) is 0 Å². The molecule has 1 heterocycles. The molecule has 18 heavy (non-hydrogen) atoms. The summed E-state index contributed by atoms with van der Waals surface area (Å²) in [4.78, 5) is 0. The van der Waals surface area contributed by atoms with E-state index in [0.29, 0.717) is 5.41 Å². The van der Waals surface area contributed by atoms with Crippen LogP contribution in [0.25, 0.3) is 0 Å². The van der Waals surface area contributed by atoms with E-state index in [2.05, 4.69) is 33.0 Å². The van der Waals surface area contributed by atoms with E-state index < -0.39 is 0 Å². The van der Waals surface area contributed by atoms with Crippen molar-refractivity contribution in [1.29, 1.82) is 0 Å². The van der Waals surface area contributed by atoms with Crippen molar-refractivity contribution in [1.82, 2.24) is 5.32 Å². The molecule has 0 aromatic heterocycles. The largest absolute Gasteiger partial charge is 0.316 e. The Morgan fingerprint density at radius 1 is 1.06 bits per heavy atom. The molecule has 1 N–H and O–H groups in total. The summed E-state index contributed by atoms with van der Waals surface area (Å²) in [6, 6.07) is 0. The number of hydrogen-bond acceptors (Lipinski definition) is 1. The van der Waals surface area contributed by atoms with Gasteiger partial charge in [0, 0.05) is 0 Å². The summed E-state index contributed by atoms with van der Waals surface area (Å²) < 4.78 is 0. The zero-order chi connectivity index (χ0) is 13.2. The van der Waals surface area contributed by atoms with Crippen LogP contribution in [-0.2, 0) is 0 Å². The molecule has 1 spiro atoms. The molecule has 1 atom stereocenters. The molecule has 2 aliphatic rings. The quantitative estimate of drug-likeness (QED) is 0.780. The minimum atomic E-state index is 0.709. The second kappa shape index (κ2) is 5.94. The van der Waals surface area contributed by atoms with Crippen molar-refractivity contribution in [2.75, 3.05) is 13.1 Å². The van der Waals surface area contributed by atoms with Gasteiger partial charge >= 0.3 is 0 Å². The Bertz CT molecular complexity index is 248. The van der Waals surface area contributed by atoms with Crippen molar-refractivity contribution in [3.63, 3.8) is 0 Å². The minimum absolute atomic E-state index is 0.709. The molecule has 0 bridgehead atoms. The molecule has 2 rings (SSSR count). The van der Waals surface area contributed by atoms with Gasteiger partial charge in [0.15, 0.2) is 0 Å². The smallest absolute Gasteiger partial charge is 0.00151 e. The lowest BCUT2D eigenvalue weighted by Gasteiger charge is -2.50. The van der Waals surface area contributed by atoms with E-state index in [-0.39, 0.29) is 0 Å². The van der Waals surface area contributed by atoms with E-state index in [1.165, 1.54) is 51.6 Å². The van der Waals surface area contributed by atoms with Crippen molar-refractivity contribution in [2.24, 2.45) is 29.1 Å². The minimum Gasteiger partial charge on any atom is -0.316 e. The van der Waals surface area contributed by atoms with Gasteiger partial charge in [-0.1, -0.05) is 27.7 Å². The third kappa shape index (κ3) is 3.10. The number of rotatable bonds is 3. The average Bonchev–Trinajstić information content (AvgIpc) is 2.32. The first-order chi connectivity index (χ1) is 8.53. The highest BCUT2D eigenvalue weighted by Crippen LogP contribution is 2.51. The molecule has 1 aliphatic carbocycles. The van der Waals surface area contributed by atoms with Crippen LogP contribution in [0.3, 0.4) is 0 Å². The first-order valence-corrected chi connectivity index (χ1v) is 8.24. The van der Waals surface area contributed by atoms with Crippen LogP contribution in [0.1, 0.15) is 66.2 Å². The van der Waals surface area contributed by atoms with Crippen LogP contribution in [0.15, 0.2) is 0 Å². The van der Waals surface area contributed by atoms with E-state index in [4.69, 9.17) is 0 Å². The Labute approximate surface area is 114 Å². The molecule has 2 fully saturated rings. The Balaban J connectivity index is 1.99. The number of nitrogens with one attached hydrogen (secondary N) is 1. The normalized spacial score (nSPS) is 37.7. The molecule has 1 nitrogen and oxygen atoms in total. The summed E-state index contributed by atoms with van der Waals surface area (Å²) in [5.74, 6) is 3.70. The molecule has 0 radical (unpaired) electrons. The van der Waals surface area contributed by atoms with Crippen LogP contribution in [0, 0.1) is 29.1 Å². The van der Waals surface area contributed by atoms with Gasteiger partial charge < -0.3 is 5.32 Å². The van der Waals surface area contributed by atoms with E-state index in [1.54, 1.807) is 0 Å². The molecular formula is C17H33N. The SMILES string of the molecule is CC(C)CC1CNCCC12CCC(C(C)C)CC2. The summed E-state index contributed by atoms with van der Waals surface area (Å²) in [6.07, 6.45) is 8.87. The maximum atomic E-state index is 3.65. The van der Waals surface area contributed by atoms with E-state index in [9.17, 15) is 0 Å². The van der Waals surface area contributed by atoms with Gasteiger partial charge in [0.2, 0.25) is 0 Å². The summed E-state index contributed by atoms with van der Waals surface area (Å²) in [6.45, 7) is 12.2. The van der Waals surface area contributed by atoms with Crippen molar-refractivity contribution >= 4 is 0 Å². The highest BCUT2D eigenvalue weighted by Gasteiger charge is 2.43. The van der Waals surface area contributed by atoms with Crippen LogP contribution in [0.4, 0.5) is 0 Å². The van der Waals surface area contributed by atoms with E-state index in [0.717, 1.165) is 23.7 Å². The fraction of sp³-hybridized carbons (Fsp3) is 1.00. The maximum absolute atomic E-state index is 3.65. The van der Waals surface area contributed by atoms with Crippen molar-refractivity contribution in [3.8, 4) is 0 Å². The first kappa shape index (κ1) is 14.4. The van der Waals surface area contributed by atoms with Gasteiger partial charge in [-0.15, -0.1) is 0 Å². The topological polar surface area (TPSA) is 12.0 Å². The second-order valence-corrected chi connectivity index (χ2v) is 7.72. The highest BCUT2D eigenvalue weighted by atomic mass is 14.9. The van der Waals surface area contributed by atoms with Crippen molar-refractivity contribution < 1.29 is 0 Å². The lowest BCUT2D eigenvalue weighted by molar-refractivity contribution is 0.0216. The summed E-state index contributed by atoms with van der Waals surface area (Å²) >= 11 is 0. The van der Waals surface area contributed by atoms with Gasteiger partial charge in [-0.05, 0) is 80.7 Å². The summed E-state index contributed by atoms with van der Waals surface area (Å²) in [7, 11) is 0. The van der Waals surface area contributed by atoms with Crippen molar-refractivity contribution in [2.45, 2.75) is 66.2 Å². The zero-order valence-corrected chi connectivity index (χ0v) is 13.0. The molecule has 0 aromatic rings. The second-order valence-electron chi connectivity index (χ2n) is 7.72. The Morgan fingerprint density at radius 3 is 2.28 bits per heavy atom. The third-order valence-electron chi connectivity index (χ3n) is 5.78. The molecule has 1 saturated heterocycles. The fourth-order valence-electron chi connectivity index (χ4n) is 4.48. The predicted molar refractivity (Wildman–Crippen MR) is 79.7 cm³/mol. The molecule has 0 amide bonds. The van der Waals surface area contributed by atoms with Crippen LogP contribution >= 0.6 is 0 Å². The molecule has 1 aliphatic heterocycles. The molecular weight excluding hydrogens is 218 g/mol. The Kier molecular flexibility index (Phi) is 4.75. The molecule has 1 unspecified atom stereocenters. The number of hydrogen-bond donors (Lipinski definition) is 1. The highest BCUT2D eigenvalue weighted by molar-refractivity contribution is 4.95. The monoisotopic (exact) mass is 251 g/mol. The van der Waals surface area contributed by atoms with Crippen LogP contribution in [0.2, 0.25) is 0 Å². The standard InChI is InChI=1S/C17H33N/c1-13(2)11-16-12-18-10-9-17(16)7-5-15(6-8-17)14(3)4/h13-16,18H,5-12H2,1-4H3. The molecule has 106 valence electrons. The third-order valence-corrected chi connectivity index (χ3v) is 5.78. The molecule has 1 heteroatoms. The van der Waals surface area contributed by atoms with Crippen LogP contribution in [-0.4, -0.2) is 13.1 Å². The van der Waals surface area contributed by atoms with Crippen LogP contribution in [0.5, 0.6) is 0 Å².